The molecular weight excluding hydrogens is 356 g/mol. The fourth-order valence-electron chi connectivity index (χ4n) is 3.06. The summed E-state index contributed by atoms with van der Waals surface area (Å²) in [7, 11) is 0. The second-order valence-corrected chi connectivity index (χ2v) is 6.76. The SMILES string of the molecule is CSc1nnc(CNC(=O)c2cccc3ccccc23)n1-c1ccccc1. The summed E-state index contributed by atoms with van der Waals surface area (Å²) in [4.78, 5) is 12.8. The third-order valence-corrected chi connectivity index (χ3v) is 4.97. The van der Waals surface area contributed by atoms with Gasteiger partial charge in [-0.1, -0.05) is 66.4 Å². The summed E-state index contributed by atoms with van der Waals surface area (Å²) in [5, 5.41) is 14.3. The smallest absolute Gasteiger partial charge is 0.252 e. The molecule has 0 saturated carbocycles. The van der Waals surface area contributed by atoms with Gasteiger partial charge in [0.05, 0.1) is 6.54 Å². The van der Waals surface area contributed by atoms with Crippen LogP contribution in [0.2, 0.25) is 0 Å². The fraction of sp³-hybridized carbons (Fsp3) is 0.0952. The summed E-state index contributed by atoms with van der Waals surface area (Å²) in [6.07, 6.45) is 1.96. The first-order valence-corrected chi connectivity index (χ1v) is 9.80. The summed E-state index contributed by atoms with van der Waals surface area (Å²) >= 11 is 1.52. The minimum Gasteiger partial charge on any atom is -0.345 e. The van der Waals surface area contributed by atoms with E-state index >= 15 is 0 Å². The number of carbonyl (C=O) groups excluding carboxylic acids is 1. The largest absolute Gasteiger partial charge is 0.345 e. The highest BCUT2D eigenvalue weighted by molar-refractivity contribution is 7.98. The third-order valence-electron chi connectivity index (χ3n) is 4.34. The zero-order valence-electron chi connectivity index (χ0n) is 14.8. The van der Waals surface area contributed by atoms with Crippen LogP contribution in [-0.2, 0) is 6.54 Å². The Kier molecular flexibility index (Phi) is 4.89. The van der Waals surface area contributed by atoms with Crippen molar-refractivity contribution in [1.82, 2.24) is 20.1 Å². The number of rotatable bonds is 5. The molecule has 1 heterocycles. The number of nitrogens with zero attached hydrogens (tertiary/aromatic N) is 3. The molecule has 4 aromatic rings. The predicted octanol–water partition coefficient (Wildman–Crippen LogP) is 4.07. The molecule has 0 radical (unpaired) electrons. The number of nitrogens with one attached hydrogen (secondary N) is 1. The van der Waals surface area contributed by atoms with E-state index in [0.29, 0.717) is 17.9 Å². The molecule has 0 bridgehead atoms. The first-order valence-electron chi connectivity index (χ1n) is 8.57. The molecule has 3 aromatic carbocycles. The molecular formula is C21H18N4OS. The summed E-state index contributed by atoms with van der Waals surface area (Å²) in [5.74, 6) is 0.569. The molecule has 4 rings (SSSR count). The fourth-order valence-corrected chi connectivity index (χ4v) is 3.58. The van der Waals surface area contributed by atoms with E-state index in [-0.39, 0.29) is 5.91 Å². The Morgan fingerprint density at radius 1 is 0.963 bits per heavy atom. The van der Waals surface area contributed by atoms with Gasteiger partial charge in [-0.05, 0) is 35.2 Å². The molecule has 0 aliphatic heterocycles. The molecule has 27 heavy (non-hydrogen) atoms. The van der Waals surface area contributed by atoms with Crippen molar-refractivity contribution in [2.75, 3.05) is 6.26 Å². The number of thioether (sulfide) groups is 1. The monoisotopic (exact) mass is 374 g/mol. The number of aromatic nitrogens is 3. The molecule has 1 N–H and O–H groups in total. The quantitative estimate of drug-likeness (QED) is 0.535. The van der Waals surface area contributed by atoms with Crippen LogP contribution in [0.4, 0.5) is 0 Å². The minimum absolute atomic E-state index is 0.125. The van der Waals surface area contributed by atoms with Gasteiger partial charge in [0.15, 0.2) is 11.0 Å². The Labute approximate surface area is 161 Å². The van der Waals surface area contributed by atoms with Gasteiger partial charge >= 0.3 is 0 Å². The van der Waals surface area contributed by atoms with Gasteiger partial charge in [0.1, 0.15) is 0 Å². The molecule has 0 saturated heterocycles. The van der Waals surface area contributed by atoms with Crippen molar-refractivity contribution in [3.05, 3.63) is 84.2 Å². The van der Waals surface area contributed by atoms with Crippen LogP contribution in [0.25, 0.3) is 16.5 Å². The molecule has 134 valence electrons. The van der Waals surface area contributed by atoms with Gasteiger partial charge in [-0.25, -0.2) is 0 Å². The summed E-state index contributed by atoms with van der Waals surface area (Å²) < 4.78 is 1.97. The van der Waals surface area contributed by atoms with Crippen molar-refractivity contribution in [3.63, 3.8) is 0 Å². The number of fused-ring (bicyclic) bond motifs is 1. The highest BCUT2D eigenvalue weighted by Gasteiger charge is 2.15. The lowest BCUT2D eigenvalue weighted by Crippen LogP contribution is -2.24. The maximum Gasteiger partial charge on any atom is 0.252 e. The van der Waals surface area contributed by atoms with Crippen LogP contribution in [0.3, 0.4) is 0 Å². The van der Waals surface area contributed by atoms with Crippen LogP contribution in [0.1, 0.15) is 16.2 Å². The van der Waals surface area contributed by atoms with E-state index < -0.39 is 0 Å². The van der Waals surface area contributed by atoms with Gasteiger partial charge in [0.25, 0.3) is 5.91 Å². The first kappa shape index (κ1) is 17.3. The van der Waals surface area contributed by atoms with Crippen molar-refractivity contribution >= 4 is 28.4 Å². The summed E-state index contributed by atoms with van der Waals surface area (Å²) in [6, 6.07) is 23.5. The van der Waals surface area contributed by atoms with Crippen molar-refractivity contribution in [2.45, 2.75) is 11.7 Å². The van der Waals surface area contributed by atoms with Gasteiger partial charge in [-0.2, -0.15) is 0 Å². The molecule has 5 nitrogen and oxygen atoms in total. The molecule has 6 heteroatoms. The summed E-state index contributed by atoms with van der Waals surface area (Å²) in [5.41, 5.74) is 1.63. The zero-order valence-corrected chi connectivity index (χ0v) is 15.6. The number of hydrogen-bond acceptors (Lipinski definition) is 4. The minimum atomic E-state index is -0.125. The van der Waals surface area contributed by atoms with Gasteiger partial charge in [0, 0.05) is 11.3 Å². The molecule has 1 amide bonds. The highest BCUT2D eigenvalue weighted by Crippen LogP contribution is 2.21. The first-order chi connectivity index (χ1) is 13.3. The number of carbonyl (C=O) groups is 1. The van der Waals surface area contributed by atoms with Crippen LogP contribution in [-0.4, -0.2) is 26.9 Å². The molecule has 0 spiro atoms. The van der Waals surface area contributed by atoms with E-state index in [1.54, 1.807) is 0 Å². The van der Waals surface area contributed by atoms with E-state index in [1.165, 1.54) is 11.8 Å². The Morgan fingerprint density at radius 2 is 1.70 bits per heavy atom. The molecule has 0 unspecified atom stereocenters. The van der Waals surface area contributed by atoms with Gasteiger partial charge in [0.2, 0.25) is 0 Å². The van der Waals surface area contributed by atoms with Crippen molar-refractivity contribution in [3.8, 4) is 5.69 Å². The van der Waals surface area contributed by atoms with E-state index in [0.717, 1.165) is 21.6 Å². The lowest BCUT2D eigenvalue weighted by molar-refractivity contribution is 0.0951. The van der Waals surface area contributed by atoms with Crippen LogP contribution < -0.4 is 5.32 Å². The Balaban J connectivity index is 1.61. The molecule has 0 atom stereocenters. The van der Waals surface area contributed by atoms with E-state index in [4.69, 9.17) is 0 Å². The summed E-state index contributed by atoms with van der Waals surface area (Å²) in [6.45, 7) is 0.296. The average Bonchev–Trinajstić information content (AvgIpc) is 3.15. The highest BCUT2D eigenvalue weighted by atomic mass is 32.2. The van der Waals surface area contributed by atoms with Gasteiger partial charge < -0.3 is 5.32 Å². The van der Waals surface area contributed by atoms with E-state index in [2.05, 4.69) is 15.5 Å². The van der Waals surface area contributed by atoms with Crippen LogP contribution in [0, 0.1) is 0 Å². The van der Waals surface area contributed by atoms with E-state index in [9.17, 15) is 4.79 Å². The van der Waals surface area contributed by atoms with Crippen molar-refractivity contribution in [1.29, 1.82) is 0 Å². The Hall–Kier alpha value is -3.12. The maximum atomic E-state index is 12.8. The van der Waals surface area contributed by atoms with Crippen LogP contribution in [0.15, 0.2) is 78.0 Å². The van der Waals surface area contributed by atoms with Gasteiger partial charge in [-0.3, -0.25) is 9.36 Å². The van der Waals surface area contributed by atoms with Crippen LogP contribution in [0.5, 0.6) is 0 Å². The molecule has 0 aliphatic carbocycles. The number of hydrogen-bond donors (Lipinski definition) is 1. The van der Waals surface area contributed by atoms with Gasteiger partial charge in [-0.15, -0.1) is 10.2 Å². The lowest BCUT2D eigenvalue weighted by Gasteiger charge is -2.11. The lowest BCUT2D eigenvalue weighted by atomic mass is 10.0. The maximum absolute atomic E-state index is 12.8. The predicted molar refractivity (Wildman–Crippen MR) is 108 cm³/mol. The number of amides is 1. The average molecular weight is 374 g/mol. The molecule has 0 fully saturated rings. The number of para-hydroxylation sites is 1. The second kappa shape index (κ2) is 7.63. The Bertz CT molecular complexity index is 1090. The van der Waals surface area contributed by atoms with Crippen LogP contribution >= 0.6 is 11.8 Å². The standard InChI is InChI=1S/C21H18N4OS/c1-27-21-24-23-19(25(21)16-10-3-2-4-11-16)14-22-20(26)18-13-7-9-15-8-5-6-12-17(15)18/h2-13H,14H2,1H3,(H,22,26). The normalized spacial score (nSPS) is 10.9. The van der Waals surface area contributed by atoms with E-state index in [1.807, 2.05) is 83.6 Å². The topological polar surface area (TPSA) is 59.8 Å². The van der Waals surface area contributed by atoms with Crippen molar-refractivity contribution in [2.24, 2.45) is 0 Å². The Morgan fingerprint density at radius 3 is 2.52 bits per heavy atom. The molecule has 1 aromatic heterocycles. The molecule has 0 aliphatic rings. The number of benzene rings is 3. The third kappa shape index (κ3) is 3.44. The second-order valence-electron chi connectivity index (χ2n) is 5.98. The zero-order chi connectivity index (χ0) is 18.6. The van der Waals surface area contributed by atoms with Crippen molar-refractivity contribution < 1.29 is 4.79 Å².